The van der Waals surface area contributed by atoms with Crippen molar-refractivity contribution in [2.75, 3.05) is 6.54 Å². The van der Waals surface area contributed by atoms with E-state index in [1.807, 2.05) is 0 Å². The fourth-order valence-corrected chi connectivity index (χ4v) is 2.02. The van der Waals surface area contributed by atoms with Crippen molar-refractivity contribution in [2.45, 2.75) is 39.0 Å². The van der Waals surface area contributed by atoms with E-state index < -0.39 is 10.9 Å². The minimum atomic E-state index is -0.797. The van der Waals surface area contributed by atoms with Gasteiger partial charge in [-0.1, -0.05) is 18.9 Å². The molecule has 0 aromatic heterocycles. The Labute approximate surface area is 128 Å². The number of carbonyl (C=O) groups is 2. The van der Waals surface area contributed by atoms with Crippen LogP contribution in [0.5, 0.6) is 0 Å². The largest absolute Gasteiger partial charge is 0.481 e. The molecule has 120 valence electrons. The Kier molecular flexibility index (Phi) is 7.01. The number of nitro groups is 1. The van der Waals surface area contributed by atoms with E-state index in [2.05, 4.69) is 5.32 Å². The summed E-state index contributed by atoms with van der Waals surface area (Å²) in [5.41, 5.74) is 0.883. The molecule has 0 aliphatic rings. The molecule has 0 aliphatic carbocycles. The molecule has 2 N–H and O–H groups in total. The number of rotatable bonds is 9. The Morgan fingerprint density at radius 3 is 2.55 bits per heavy atom. The Morgan fingerprint density at radius 1 is 1.23 bits per heavy atom. The molecule has 0 unspecified atom stereocenters. The smallest absolute Gasteiger partial charge is 0.303 e. The van der Waals surface area contributed by atoms with E-state index in [1.165, 1.54) is 12.1 Å². The van der Waals surface area contributed by atoms with Crippen molar-refractivity contribution in [3.05, 3.63) is 39.4 Å². The lowest BCUT2D eigenvalue weighted by Crippen LogP contribution is -2.25. The summed E-state index contributed by atoms with van der Waals surface area (Å²) in [6.07, 6.45) is 3.19. The number of amides is 1. The van der Waals surface area contributed by atoms with E-state index in [0.29, 0.717) is 24.1 Å². The maximum Gasteiger partial charge on any atom is 0.303 e. The maximum atomic E-state index is 12.0. The molecule has 1 aromatic carbocycles. The van der Waals surface area contributed by atoms with Gasteiger partial charge in [-0.05, 0) is 25.3 Å². The van der Waals surface area contributed by atoms with Crippen molar-refractivity contribution in [2.24, 2.45) is 0 Å². The summed E-state index contributed by atoms with van der Waals surface area (Å²) in [5.74, 6) is -1.12. The van der Waals surface area contributed by atoms with Gasteiger partial charge in [0.2, 0.25) is 0 Å². The lowest BCUT2D eigenvalue weighted by Gasteiger charge is -2.07. The van der Waals surface area contributed by atoms with Crippen LogP contribution in [0.25, 0.3) is 0 Å². The van der Waals surface area contributed by atoms with Gasteiger partial charge in [0, 0.05) is 30.7 Å². The molecule has 7 heteroatoms. The van der Waals surface area contributed by atoms with Gasteiger partial charge in [0.15, 0.2) is 0 Å². The summed E-state index contributed by atoms with van der Waals surface area (Å²) >= 11 is 0. The van der Waals surface area contributed by atoms with Crippen LogP contribution in [-0.4, -0.2) is 28.5 Å². The number of unbranched alkanes of at least 4 members (excludes halogenated alkanes) is 3. The van der Waals surface area contributed by atoms with Crippen molar-refractivity contribution < 1.29 is 19.6 Å². The van der Waals surface area contributed by atoms with Crippen molar-refractivity contribution >= 4 is 17.6 Å². The summed E-state index contributed by atoms with van der Waals surface area (Å²) in [6.45, 7) is 2.19. The molecule has 22 heavy (non-hydrogen) atoms. The average molecular weight is 308 g/mol. The first-order chi connectivity index (χ1) is 10.4. The van der Waals surface area contributed by atoms with Crippen LogP contribution in [0.2, 0.25) is 0 Å². The highest BCUT2D eigenvalue weighted by molar-refractivity contribution is 5.96. The summed E-state index contributed by atoms with van der Waals surface area (Å²) in [6, 6.07) is 4.20. The van der Waals surface area contributed by atoms with E-state index in [0.717, 1.165) is 19.3 Å². The van der Waals surface area contributed by atoms with Crippen LogP contribution < -0.4 is 5.32 Å². The molecule has 1 rings (SSSR count). The fraction of sp³-hybridized carbons (Fsp3) is 0.467. The lowest BCUT2D eigenvalue weighted by molar-refractivity contribution is -0.384. The zero-order valence-electron chi connectivity index (χ0n) is 12.5. The third-order valence-electron chi connectivity index (χ3n) is 3.28. The topological polar surface area (TPSA) is 110 Å². The minimum absolute atomic E-state index is 0.107. The molecule has 0 aliphatic heterocycles. The predicted molar refractivity (Wildman–Crippen MR) is 80.9 cm³/mol. The van der Waals surface area contributed by atoms with Crippen LogP contribution >= 0.6 is 0 Å². The second-order valence-electron chi connectivity index (χ2n) is 5.07. The fourth-order valence-electron chi connectivity index (χ4n) is 2.02. The Morgan fingerprint density at radius 2 is 1.91 bits per heavy atom. The summed E-state index contributed by atoms with van der Waals surface area (Å²) in [4.78, 5) is 32.5. The Bertz CT molecular complexity index is 557. The molecule has 0 bridgehead atoms. The number of nitro benzene ring substituents is 1. The number of hydrogen-bond donors (Lipinski definition) is 2. The third-order valence-corrected chi connectivity index (χ3v) is 3.28. The van der Waals surface area contributed by atoms with Crippen LogP contribution in [0.3, 0.4) is 0 Å². The minimum Gasteiger partial charge on any atom is -0.481 e. The number of carboxylic acid groups (broad SMARTS) is 1. The molecule has 0 saturated heterocycles. The Hall–Kier alpha value is -2.44. The van der Waals surface area contributed by atoms with Crippen LogP contribution in [0.15, 0.2) is 18.2 Å². The Balaban J connectivity index is 2.38. The van der Waals surface area contributed by atoms with Crippen molar-refractivity contribution in [1.29, 1.82) is 0 Å². The number of non-ortho nitro benzene ring substituents is 1. The quantitative estimate of drug-likeness (QED) is 0.414. The maximum absolute atomic E-state index is 12.0. The second kappa shape index (κ2) is 8.76. The van der Waals surface area contributed by atoms with Crippen LogP contribution in [0, 0.1) is 17.0 Å². The van der Waals surface area contributed by atoms with Crippen molar-refractivity contribution in [3.8, 4) is 0 Å². The highest BCUT2D eigenvalue weighted by Crippen LogP contribution is 2.17. The molecular formula is C15H20N2O5. The number of nitrogens with one attached hydrogen (secondary N) is 1. The second-order valence-corrected chi connectivity index (χ2v) is 5.07. The van der Waals surface area contributed by atoms with E-state index in [4.69, 9.17) is 5.11 Å². The van der Waals surface area contributed by atoms with E-state index in [9.17, 15) is 19.7 Å². The lowest BCUT2D eigenvalue weighted by atomic mass is 10.1. The molecule has 0 radical (unpaired) electrons. The first kappa shape index (κ1) is 17.6. The SMILES string of the molecule is Cc1ccc([N+](=O)[O-])cc1C(=O)NCCCCCCC(=O)O. The molecule has 0 spiro atoms. The zero-order valence-corrected chi connectivity index (χ0v) is 12.5. The van der Waals surface area contributed by atoms with Crippen LogP contribution in [0.4, 0.5) is 5.69 Å². The van der Waals surface area contributed by atoms with Crippen LogP contribution in [0.1, 0.15) is 48.0 Å². The average Bonchev–Trinajstić information content (AvgIpc) is 2.45. The van der Waals surface area contributed by atoms with Gasteiger partial charge in [-0.2, -0.15) is 0 Å². The first-order valence-corrected chi connectivity index (χ1v) is 7.17. The van der Waals surface area contributed by atoms with Gasteiger partial charge in [0.25, 0.3) is 11.6 Å². The molecule has 1 amide bonds. The molecule has 7 nitrogen and oxygen atoms in total. The van der Waals surface area contributed by atoms with E-state index in [1.54, 1.807) is 13.0 Å². The van der Waals surface area contributed by atoms with E-state index in [-0.39, 0.29) is 18.0 Å². The summed E-state index contributed by atoms with van der Waals surface area (Å²) in [5, 5.41) is 22.0. The van der Waals surface area contributed by atoms with E-state index >= 15 is 0 Å². The van der Waals surface area contributed by atoms with Gasteiger partial charge in [-0.15, -0.1) is 0 Å². The van der Waals surface area contributed by atoms with Gasteiger partial charge in [0.1, 0.15) is 0 Å². The van der Waals surface area contributed by atoms with Crippen molar-refractivity contribution in [1.82, 2.24) is 5.32 Å². The molecule has 0 fully saturated rings. The standard InChI is InChI=1S/C15H20N2O5/c1-11-7-8-12(17(21)22)10-13(11)15(20)16-9-5-3-2-4-6-14(18)19/h7-8,10H,2-6,9H2,1H3,(H,16,20)(H,18,19). The predicted octanol–water partition coefficient (Wildman–Crippen LogP) is 2.67. The number of carbonyl (C=O) groups excluding carboxylic acids is 1. The number of aliphatic carboxylic acids is 1. The third kappa shape index (κ3) is 5.90. The summed E-state index contributed by atoms with van der Waals surface area (Å²) < 4.78 is 0. The van der Waals surface area contributed by atoms with Crippen molar-refractivity contribution in [3.63, 3.8) is 0 Å². The molecule has 1 aromatic rings. The highest BCUT2D eigenvalue weighted by Gasteiger charge is 2.14. The number of benzene rings is 1. The first-order valence-electron chi connectivity index (χ1n) is 7.17. The number of aryl methyl sites for hydroxylation is 1. The normalized spacial score (nSPS) is 10.2. The molecule has 0 saturated carbocycles. The van der Waals surface area contributed by atoms with Gasteiger partial charge >= 0.3 is 5.97 Å². The monoisotopic (exact) mass is 308 g/mol. The van der Waals surface area contributed by atoms with Crippen LogP contribution in [-0.2, 0) is 4.79 Å². The number of carboxylic acids is 1. The highest BCUT2D eigenvalue weighted by atomic mass is 16.6. The zero-order chi connectivity index (χ0) is 16.5. The molecular weight excluding hydrogens is 288 g/mol. The molecule has 0 heterocycles. The number of nitrogens with zero attached hydrogens (tertiary/aromatic N) is 1. The van der Waals surface area contributed by atoms with Gasteiger partial charge in [-0.3, -0.25) is 19.7 Å². The number of hydrogen-bond acceptors (Lipinski definition) is 4. The summed E-state index contributed by atoms with van der Waals surface area (Å²) in [7, 11) is 0. The van der Waals surface area contributed by atoms with Gasteiger partial charge in [-0.25, -0.2) is 0 Å². The van der Waals surface area contributed by atoms with Gasteiger partial charge in [0.05, 0.1) is 4.92 Å². The van der Waals surface area contributed by atoms with Gasteiger partial charge < -0.3 is 10.4 Å². The molecule has 0 atom stereocenters.